The van der Waals surface area contributed by atoms with Crippen LogP contribution >= 0.6 is 10.9 Å². The Morgan fingerprint density at radius 3 is 2.44 bits per heavy atom. The van der Waals surface area contributed by atoms with E-state index in [1.807, 2.05) is 13.0 Å². The third-order valence-electron chi connectivity index (χ3n) is 1.06. The molecule has 0 aliphatic rings. The highest BCUT2D eigenvalue weighted by Gasteiger charge is 1.99. The largest absolute Gasteiger partial charge is 0.351 e. The fourth-order valence-corrected chi connectivity index (χ4v) is 1.21. The average molecular weight is 145 g/mol. The number of aromatic nitrogens is 1. The Kier molecular flexibility index (Phi) is 1.81. The number of hydrogen-bond donors (Lipinski definition) is 1. The molecular weight excluding hydrogens is 134 g/mol. The van der Waals surface area contributed by atoms with Gasteiger partial charge in [-0.25, -0.2) is 0 Å². The minimum absolute atomic E-state index is 0.104. The molecule has 0 saturated carbocycles. The second-order valence-corrected chi connectivity index (χ2v) is 4.43. The van der Waals surface area contributed by atoms with Crippen molar-refractivity contribution in [2.75, 3.05) is 12.5 Å². The molecule has 2 nitrogen and oxygen atoms in total. The van der Waals surface area contributed by atoms with Crippen molar-refractivity contribution in [1.29, 1.82) is 0 Å². The highest BCUT2D eigenvalue weighted by Crippen LogP contribution is 2.27. The van der Waals surface area contributed by atoms with Gasteiger partial charge in [0, 0.05) is 6.07 Å². The predicted octanol–water partition coefficient (Wildman–Crippen LogP) is 1.60. The van der Waals surface area contributed by atoms with Gasteiger partial charge in [0.1, 0.15) is 0 Å². The molecule has 0 aliphatic carbocycles. The highest BCUT2D eigenvalue weighted by molar-refractivity contribution is 8.15. The molecule has 0 amide bonds. The van der Waals surface area contributed by atoms with Crippen molar-refractivity contribution in [3.8, 4) is 0 Å². The third kappa shape index (κ3) is 1.48. The highest BCUT2D eigenvalue weighted by atomic mass is 32.2. The first-order chi connectivity index (χ1) is 4.20. The van der Waals surface area contributed by atoms with E-state index < -0.39 is 0 Å². The number of rotatable bonds is 1. The monoisotopic (exact) mass is 145 g/mol. The number of hydrogen-bond acceptors (Lipinski definition) is 2. The maximum atomic E-state index is 5.00. The summed E-state index contributed by atoms with van der Waals surface area (Å²) in [7, 11) is -0.104. The summed E-state index contributed by atoms with van der Waals surface area (Å²) in [5.74, 6) is 0. The van der Waals surface area contributed by atoms with Gasteiger partial charge in [-0.2, -0.15) is 10.9 Å². The SMILES string of the molecule is Cc1cc([SH](C)C)on1. The van der Waals surface area contributed by atoms with Crippen LogP contribution in [0.2, 0.25) is 0 Å². The molecule has 0 saturated heterocycles. The fraction of sp³-hybridized carbons (Fsp3) is 0.500. The minimum Gasteiger partial charge on any atom is -0.351 e. The van der Waals surface area contributed by atoms with Gasteiger partial charge in [-0.3, -0.25) is 0 Å². The first-order valence-electron chi connectivity index (χ1n) is 2.81. The Hall–Kier alpha value is -0.440. The molecule has 0 aliphatic heterocycles. The molecule has 1 rings (SSSR count). The van der Waals surface area contributed by atoms with Crippen molar-refractivity contribution in [2.45, 2.75) is 12.0 Å². The lowest BCUT2D eigenvalue weighted by Crippen LogP contribution is -1.69. The third-order valence-corrected chi connectivity index (χ3v) is 2.15. The molecule has 1 heterocycles. The molecule has 0 bridgehead atoms. The molecule has 9 heavy (non-hydrogen) atoms. The summed E-state index contributed by atoms with van der Waals surface area (Å²) in [5.41, 5.74) is 0.973. The smallest absolute Gasteiger partial charge is 0.173 e. The molecule has 1 aromatic heterocycles. The summed E-state index contributed by atoms with van der Waals surface area (Å²) in [6.45, 7) is 1.94. The zero-order valence-corrected chi connectivity index (χ0v) is 6.77. The topological polar surface area (TPSA) is 26.0 Å². The van der Waals surface area contributed by atoms with Gasteiger partial charge in [0.05, 0.1) is 5.69 Å². The van der Waals surface area contributed by atoms with E-state index in [2.05, 4.69) is 17.7 Å². The average Bonchev–Trinajstić information content (AvgIpc) is 2.14. The van der Waals surface area contributed by atoms with Crippen molar-refractivity contribution in [3.63, 3.8) is 0 Å². The quantitative estimate of drug-likeness (QED) is 0.607. The van der Waals surface area contributed by atoms with Gasteiger partial charge in [-0.1, -0.05) is 5.16 Å². The van der Waals surface area contributed by atoms with Crippen LogP contribution in [-0.2, 0) is 0 Å². The van der Waals surface area contributed by atoms with Crippen LogP contribution in [0, 0.1) is 6.92 Å². The maximum Gasteiger partial charge on any atom is 0.173 e. The molecule has 0 atom stereocenters. The van der Waals surface area contributed by atoms with Gasteiger partial charge in [0.2, 0.25) is 0 Å². The molecule has 0 aromatic carbocycles. The van der Waals surface area contributed by atoms with Gasteiger partial charge in [-0.15, -0.1) is 0 Å². The molecule has 0 radical (unpaired) electrons. The van der Waals surface area contributed by atoms with Gasteiger partial charge in [-0.05, 0) is 19.4 Å². The second kappa shape index (κ2) is 2.43. The molecule has 0 fully saturated rings. The van der Waals surface area contributed by atoms with E-state index >= 15 is 0 Å². The number of aryl methyl sites for hydroxylation is 1. The van der Waals surface area contributed by atoms with Crippen LogP contribution in [0.1, 0.15) is 5.69 Å². The Bertz CT molecular complexity index is 195. The van der Waals surface area contributed by atoms with Crippen LogP contribution in [0.25, 0.3) is 0 Å². The molecule has 3 heteroatoms. The van der Waals surface area contributed by atoms with E-state index in [4.69, 9.17) is 4.52 Å². The van der Waals surface area contributed by atoms with Gasteiger partial charge < -0.3 is 4.52 Å². The predicted molar refractivity (Wildman–Crippen MR) is 40.3 cm³/mol. The van der Waals surface area contributed by atoms with Crippen LogP contribution in [0.5, 0.6) is 0 Å². The van der Waals surface area contributed by atoms with Crippen LogP contribution in [0.15, 0.2) is 15.7 Å². The second-order valence-electron chi connectivity index (χ2n) is 2.20. The molecule has 0 N–H and O–H groups in total. The van der Waals surface area contributed by atoms with Crippen molar-refractivity contribution in [2.24, 2.45) is 0 Å². The van der Waals surface area contributed by atoms with Crippen LogP contribution in [0.4, 0.5) is 0 Å². The summed E-state index contributed by atoms with van der Waals surface area (Å²) in [5, 5.41) is 4.81. The van der Waals surface area contributed by atoms with E-state index in [9.17, 15) is 0 Å². The Morgan fingerprint density at radius 1 is 1.56 bits per heavy atom. The van der Waals surface area contributed by atoms with Crippen molar-refractivity contribution >= 4 is 10.9 Å². The van der Waals surface area contributed by atoms with Gasteiger partial charge in [0.25, 0.3) is 0 Å². The van der Waals surface area contributed by atoms with Crippen LogP contribution in [0.3, 0.4) is 0 Å². The zero-order chi connectivity index (χ0) is 6.85. The van der Waals surface area contributed by atoms with E-state index in [-0.39, 0.29) is 10.9 Å². The zero-order valence-electron chi connectivity index (χ0n) is 5.88. The summed E-state index contributed by atoms with van der Waals surface area (Å²) in [6.07, 6.45) is 4.30. The Balaban J connectivity index is 2.85. The van der Waals surface area contributed by atoms with Crippen molar-refractivity contribution in [3.05, 3.63) is 11.8 Å². The van der Waals surface area contributed by atoms with E-state index in [0.29, 0.717) is 0 Å². The summed E-state index contributed by atoms with van der Waals surface area (Å²) >= 11 is 0. The summed E-state index contributed by atoms with van der Waals surface area (Å²) in [4.78, 5) is 0. The lowest BCUT2D eigenvalue weighted by molar-refractivity contribution is 0.346. The maximum absolute atomic E-state index is 5.00. The van der Waals surface area contributed by atoms with E-state index in [0.717, 1.165) is 10.8 Å². The van der Waals surface area contributed by atoms with Crippen molar-refractivity contribution in [1.82, 2.24) is 5.16 Å². The molecule has 0 spiro atoms. The lowest BCUT2D eigenvalue weighted by Gasteiger charge is -1.99. The number of thiol groups is 1. The van der Waals surface area contributed by atoms with E-state index in [1.165, 1.54) is 0 Å². The van der Waals surface area contributed by atoms with Gasteiger partial charge >= 0.3 is 0 Å². The van der Waals surface area contributed by atoms with E-state index in [1.54, 1.807) is 0 Å². The summed E-state index contributed by atoms with van der Waals surface area (Å²) < 4.78 is 5.00. The first kappa shape index (κ1) is 6.68. The Labute approximate surface area is 57.6 Å². The molecule has 1 aromatic rings. The summed E-state index contributed by atoms with van der Waals surface area (Å²) in [6, 6.07) is 1.99. The fourth-order valence-electron chi connectivity index (χ4n) is 0.561. The molecule has 52 valence electrons. The van der Waals surface area contributed by atoms with Crippen LogP contribution in [-0.4, -0.2) is 17.7 Å². The number of nitrogens with zero attached hydrogens (tertiary/aromatic N) is 1. The van der Waals surface area contributed by atoms with Gasteiger partial charge in [0.15, 0.2) is 5.09 Å². The molecule has 0 unspecified atom stereocenters. The van der Waals surface area contributed by atoms with Crippen molar-refractivity contribution < 1.29 is 4.52 Å². The minimum atomic E-state index is -0.104. The normalized spacial score (nSPS) is 11.7. The lowest BCUT2D eigenvalue weighted by atomic mass is 10.5. The van der Waals surface area contributed by atoms with Crippen LogP contribution < -0.4 is 0 Å². The standard InChI is InChI=1S/C6H11NOS/c1-5-4-6(8-7-5)9(2)3/h4,9H,1-3H3. The first-order valence-corrected chi connectivity index (χ1v) is 5.04. The Morgan fingerprint density at radius 2 is 2.22 bits per heavy atom. The molecular formula is C6H11NOS.